The van der Waals surface area contributed by atoms with E-state index in [-0.39, 0.29) is 12.3 Å². The third-order valence-corrected chi connectivity index (χ3v) is 2.89. The van der Waals surface area contributed by atoms with Gasteiger partial charge in [-0.2, -0.15) is 0 Å². The molecule has 1 atom stereocenters. The van der Waals surface area contributed by atoms with Gasteiger partial charge >= 0.3 is 5.97 Å². The summed E-state index contributed by atoms with van der Waals surface area (Å²) in [6.07, 6.45) is 3.23. The number of aliphatic carboxylic acids is 1. The SMILES string of the molecule is CCCC[C@H](CC(=O)O)c1cccc(OC)c1. The molecule has 94 valence electrons. The molecule has 0 fully saturated rings. The Bertz CT molecular complexity index is 360. The molecule has 1 aromatic carbocycles. The second-order valence-corrected chi connectivity index (χ2v) is 4.21. The summed E-state index contributed by atoms with van der Waals surface area (Å²) in [4.78, 5) is 10.9. The molecule has 0 aliphatic rings. The molecule has 3 nitrogen and oxygen atoms in total. The Morgan fingerprint density at radius 2 is 2.24 bits per heavy atom. The molecule has 3 heteroatoms. The van der Waals surface area contributed by atoms with E-state index >= 15 is 0 Å². The van der Waals surface area contributed by atoms with E-state index in [2.05, 4.69) is 6.92 Å². The van der Waals surface area contributed by atoms with Gasteiger partial charge in [0.2, 0.25) is 0 Å². The van der Waals surface area contributed by atoms with Gasteiger partial charge in [-0.1, -0.05) is 31.9 Å². The van der Waals surface area contributed by atoms with E-state index < -0.39 is 5.97 Å². The first-order chi connectivity index (χ1) is 8.17. The average Bonchev–Trinajstić information content (AvgIpc) is 2.34. The predicted molar refractivity (Wildman–Crippen MR) is 67.5 cm³/mol. The van der Waals surface area contributed by atoms with Crippen molar-refractivity contribution in [2.45, 2.75) is 38.5 Å². The van der Waals surface area contributed by atoms with Crippen LogP contribution in [-0.2, 0) is 4.79 Å². The Balaban J connectivity index is 2.82. The Morgan fingerprint density at radius 3 is 2.82 bits per heavy atom. The summed E-state index contributed by atoms with van der Waals surface area (Å²) in [5.41, 5.74) is 1.06. The molecular formula is C14H20O3. The highest BCUT2D eigenvalue weighted by molar-refractivity contribution is 5.68. The maximum Gasteiger partial charge on any atom is 0.303 e. The van der Waals surface area contributed by atoms with Crippen LogP contribution in [0.1, 0.15) is 44.1 Å². The van der Waals surface area contributed by atoms with Crippen LogP contribution in [0.5, 0.6) is 5.75 Å². The molecule has 1 rings (SSSR count). The summed E-state index contributed by atoms with van der Waals surface area (Å²) in [6.45, 7) is 2.11. The van der Waals surface area contributed by atoms with Crippen LogP contribution in [0.4, 0.5) is 0 Å². The van der Waals surface area contributed by atoms with Crippen LogP contribution in [0.2, 0.25) is 0 Å². The number of rotatable bonds is 7. The van der Waals surface area contributed by atoms with Gasteiger partial charge in [-0.3, -0.25) is 4.79 Å². The number of carboxylic acid groups (broad SMARTS) is 1. The van der Waals surface area contributed by atoms with E-state index in [4.69, 9.17) is 9.84 Å². The number of hydrogen-bond acceptors (Lipinski definition) is 2. The van der Waals surface area contributed by atoms with Crippen LogP contribution < -0.4 is 4.74 Å². The fourth-order valence-corrected chi connectivity index (χ4v) is 1.94. The van der Waals surface area contributed by atoms with Gasteiger partial charge < -0.3 is 9.84 Å². The molecule has 0 heterocycles. The van der Waals surface area contributed by atoms with E-state index in [1.165, 1.54) is 0 Å². The zero-order valence-electron chi connectivity index (χ0n) is 10.5. The summed E-state index contributed by atoms with van der Waals surface area (Å²) < 4.78 is 5.17. The summed E-state index contributed by atoms with van der Waals surface area (Å²) in [5.74, 6) is 0.130. The van der Waals surface area contributed by atoms with Crippen molar-refractivity contribution in [2.75, 3.05) is 7.11 Å². The Labute approximate surface area is 102 Å². The Morgan fingerprint density at radius 1 is 1.47 bits per heavy atom. The molecule has 0 spiro atoms. The van der Waals surface area contributed by atoms with E-state index in [1.807, 2.05) is 24.3 Å². The van der Waals surface area contributed by atoms with Gasteiger partial charge in [-0.05, 0) is 30.0 Å². The standard InChI is InChI=1S/C14H20O3/c1-3-4-6-12(10-14(15)16)11-7-5-8-13(9-11)17-2/h5,7-9,12H,3-4,6,10H2,1-2H3,(H,15,16)/t12-/m1/s1. The average molecular weight is 236 g/mol. The molecule has 0 aliphatic heterocycles. The second kappa shape index (κ2) is 6.94. The molecule has 0 radical (unpaired) electrons. The third kappa shape index (κ3) is 4.47. The molecule has 1 aromatic rings. The van der Waals surface area contributed by atoms with E-state index in [0.29, 0.717) is 0 Å². The van der Waals surface area contributed by atoms with Crippen molar-refractivity contribution in [2.24, 2.45) is 0 Å². The molecule has 0 saturated carbocycles. The van der Waals surface area contributed by atoms with Gasteiger partial charge in [0.05, 0.1) is 13.5 Å². The smallest absolute Gasteiger partial charge is 0.303 e. The number of ether oxygens (including phenoxy) is 1. The van der Waals surface area contributed by atoms with Crippen LogP contribution in [0.15, 0.2) is 24.3 Å². The number of hydrogen-bond donors (Lipinski definition) is 1. The maximum absolute atomic E-state index is 10.9. The van der Waals surface area contributed by atoms with Crippen molar-refractivity contribution < 1.29 is 14.6 Å². The fourth-order valence-electron chi connectivity index (χ4n) is 1.94. The third-order valence-electron chi connectivity index (χ3n) is 2.89. The minimum atomic E-state index is -0.742. The van der Waals surface area contributed by atoms with Gasteiger partial charge in [-0.15, -0.1) is 0 Å². The lowest BCUT2D eigenvalue weighted by molar-refractivity contribution is -0.137. The number of benzene rings is 1. The van der Waals surface area contributed by atoms with Crippen molar-refractivity contribution in [1.29, 1.82) is 0 Å². The molecule has 17 heavy (non-hydrogen) atoms. The normalized spacial score (nSPS) is 12.1. The van der Waals surface area contributed by atoms with Gasteiger partial charge in [0, 0.05) is 0 Å². The van der Waals surface area contributed by atoms with Crippen LogP contribution >= 0.6 is 0 Å². The van der Waals surface area contributed by atoms with E-state index in [0.717, 1.165) is 30.6 Å². The largest absolute Gasteiger partial charge is 0.497 e. The highest BCUT2D eigenvalue weighted by Gasteiger charge is 2.15. The number of methoxy groups -OCH3 is 1. The molecule has 0 saturated heterocycles. The first-order valence-electron chi connectivity index (χ1n) is 6.03. The minimum Gasteiger partial charge on any atom is -0.497 e. The highest BCUT2D eigenvalue weighted by atomic mass is 16.5. The zero-order chi connectivity index (χ0) is 12.7. The summed E-state index contributed by atoms with van der Waals surface area (Å²) in [5, 5.41) is 8.94. The van der Waals surface area contributed by atoms with Crippen LogP contribution in [0.25, 0.3) is 0 Å². The van der Waals surface area contributed by atoms with Gasteiger partial charge in [0.15, 0.2) is 0 Å². The van der Waals surface area contributed by atoms with Crippen molar-refractivity contribution in [3.8, 4) is 5.75 Å². The number of unbranched alkanes of at least 4 members (excludes halogenated alkanes) is 1. The summed E-state index contributed by atoms with van der Waals surface area (Å²) in [7, 11) is 1.62. The molecule has 0 amide bonds. The van der Waals surface area contributed by atoms with Crippen molar-refractivity contribution in [3.63, 3.8) is 0 Å². The second-order valence-electron chi connectivity index (χ2n) is 4.21. The molecule has 0 aliphatic carbocycles. The lowest BCUT2D eigenvalue weighted by Gasteiger charge is -2.15. The summed E-state index contributed by atoms with van der Waals surface area (Å²) in [6, 6.07) is 7.70. The molecular weight excluding hydrogens is 216 g/mol. The quantitative estimate of drug-likeness (QED) is 0.788. The molecule has 1 N–H and O–H groups in total. The van der Waals surface area contributed by atoms with Crippen LogP contribution in [0.3, 0.4) is 0 Å². The molecule has 0 aromatic heterocycles. The highest BCUT2D eigenvalue weighted by Crippen LogP contribution is 2.28. The van der Waals surface area contributed by atoms with Crippen LogP contribution in [-0.4, -0.2) is 18.2 Å². The minimum absolute atomic E-state index is 0.0857. The molecule has 0 bridgehead atoms. The topological polar surface area (TPSA) is 46.5 Å². The van der Waals surface area contributed by atoms with Gasteiger partial charge in [0.25, 0.3) is 0 Å². The lowest BCUT2D eigenvalue weighted by Crippen LogP contribution is -2.06. The lowest BCUT2D eigenvalue weighted by atomic mass is 9.90. The van der Waals surface area contributed by atoms with E-state index in [1.54, 1.807) is 7.11 Å². The van der Waals surface area contributed by atoms with Gasteiger partial charge in [0.1, 0.15) is 5.75 Å². The van der Waals surface area contributed by atoms with Crippen molar-refractivity contribution >= 4 is 5.97 Å². The van der Waals surface area contributed by atoms with E-state index in [9.17, 15) is 4.79 Å². The first-order valence-corrected chi connectivity index (χ1v) is 6.03. The van der Waals surface area contributed by atoms with Crippen molar-refractivity contribution in [3.05, 3.63) is 29.8 Å². The van der Waals surface area contributed by atoms with Crippen molar-refractivity contribution in [1.82, 2.24) is 0 Å². The molecule has 0 unspecified atom stereocenters. The number of carboxylic acids is 1. The zero-order valence-corrected chi connectivity index (χ0v) is 10.5. The summed E-state index contributed by atoms with van der Waals surface area (Å²) >= 11 is 0. The fraction of sp³-hybridized carbons (Fsp3) is 0.500. The number of carbonyl (C=O) groups is 1. The van der Waals surface area contributed by atoms with Crippen LogP contribution in [0, 0.1) is 0 Å². The Kier molecular flexibility index (Phi) is 5.53. The monoisotopic (exact) mass is 236 g/mol. The van der Waals surface area contributed by atoms with Gasteiger partial charge in [-0.25, -0.2) is 0 Å². The first kappa shape index (κ1) is 13.6. The maximum atomic E-state index is 10.9. The Hall–Kier alpha value is -1.51. The predicted octanol–water partition coefficient (Wildman–Crippen LogP) is 3.44.